The SMILES string of the molecule is CCCNC(C)CS(=O)(=O)c1ccc2c(c1)OCCO2. The Labute approximate surface area is 120 Å². The number of nitrogens with one attached hydrogen (secondary N) is 1. The van der Waals surface area contributed by atoms with Gasteiger partial charge < -0.3 is 14.8 Å². The van der Waals surface area contributed by atoms with Gasteiger partial charge in [-0.2, -0.15) is 0 Å². The maximum atomic E-state index is 12.4. The fourth-order valence-electron chi connectivity index (χ4n) is 2.09. The lowest BCUT2D eigenvalue weighted by atomic mass is 10.3. The molecule has 1 aliphatic rings. The van der Waals surface area contributed by atoms with Crippen molar-refractivity contribution in [2.45, 2.75) is 31.2 Å². The molecule has 1 aromatic rings. The normalized spacial score (nSPS) is 15.9. The number of fused-ring (bicyclic) bond motifs is 1. The van der Waals surface area contributed by atoms with E-state index in [1.54, 1.807) is 18.2 Å². The summed E-state index contributed by atoms with van der Waals surface area (Å²) in [6.07, 6.45) is 0.981. The third kappa shape index (κ3) is 3.64. The molecule has 0 bridgehead atoms. The summed E-state index contributed by atoms with van der Waals surface area (Å²) >= 11 is 0. The van der Waals surface area contributed by atoms with Gasteiger partial charge in [-0.05, 0) is 32.0 Å². The number of hydrogen-bond donors (Lipinski definition) is 1. The van der Waals surface area contributed by atoms with Crippen LogP contribution in [-0.4, -0.2) is 40.0 Å². The average molecular weight is 299 g/mol. The predicted molar refractivity (Wildman–Crippen MR) is 77.2 cm³/mol. The predicted octanol–water partition coefficient (Wildman–Crippen LogP) is 1.62. The van der Waals surface area contributed by atoms with Crippen molar-refractivity contribution in [1.29, 1.82) is 0 Å². The van der Waals surface area contributed by atoms with E-state index in [4.69, 9.17) is 9.47 Å². The molecule has 6 heteroatoms. The van der Waals surface area contributed by atoms with Crippen LogP contribution in [0.1, 0.15) is 20.3 Å². The van der Waals surface area contributed by atoms with Crippen LogP contribution in [0.2, 0.25) is 0 Å². The van der Waals surface area contributed by atoms with Crippen molar-refractivity contribution in [2.75, 3.05) is 25.5 Å². The summed E-state index contributed by atoms with van der Waals surface area (Å²) in [5, 5.41) is 3.19. The van der Waals surface area contributed by atoms with E-state index in [-0.39, 0.29) is 16.7 Å². The third-order valence-electron chi connectivity index (χ3n) is 3.08. The molecule has 2 rings (SSSR count). The zero-order chi connectivity index (χ0) is 14.6. The van der Waals surface area contributed by atoms with Gasteiger partial charge in [-0.3, -0.25) is 0 Å². The van der Waals surface area contributed by atoms with Crippen LogP contribution in [0.15, 0.2) is 23.1 Å². The topological polar surface area (TPSA) is 64.6 Å². The molecule has 0 spiro atoms. The van der Waals surface area contributed by atoms with Crippen molar-refractivity contribution in [1.82, 2.24) is 5.32 Å². The maximum absolute atomic E-state index is 12.4. The Hall–Kier alpha value is -1.27. The third-order valence-corrected chi connectivity index (χ3v) is 5.00. The minimum absolute atomic E-state index is 0.0758. The maximum Gasteiger partial charge on any atom is 0.180 e. The van der Waals surface area contributed by atoms with Gasteiger partial charge in [-0.1, -0.05) is 6.92 Å². The summed E-state index contributed by atoms with van der Waals surface area (Å²) in [6, 6.07) is 4.71. The molecule has 1 unspecified atom stereocenters. The summed E-state index contributed by atoms with van der Waals surface area (Å²) in [5.41, 5.74) is 0. The van der Waals surface area contributed by atoms with E-state index in [0.717, 1.165) is 13.0 Å². The number of hydrogen-bond acceptors (Lipinski definition) is 5. The highest BCUT2D eigenvalue weighted by Crippen LogP contribution is 2.32. The van der Waals surface area contributed by atoms with E-state index in [0.29, 0.717) is 24.7 Å². The van der Waals surface area contributed by atoms with Crippen molar-refractivity contribution in [3.05, 3.63) is 18.2 Å². The van der Waals surface area contributed by atoms with Gasteiger partial charge in [-0.25, -0.2) is 8.42 Å². The molecule has 0 aliphatic carbocycles. The highest BCUT2D eigenvalue weighted by molar-refractivity contribution is 7.91. The smallest absolute Gasteiger partial charge is 0.180 e. The zero-order valence-electron chi connectivity index (χ0n) is 11.9. The Morgan fingerprint density at radius 1 is 1.25 bits per heavy atom. The van der Waals surface area contributed by atoms with Gasteiger partial charge in [0.15, 0.2) is 21.3 Å². The first kappa shape index (κ1) is 15.1. The molecule has 1 atom stereocenters. The van der Waals surface area contributed by atoms with Crippen LogP contribution >= 0.6 is 0 Å². The van der Waals surface area contributed by atoms with Crippen LogP contribution in [0, 0.1) is 0 Å². The summed E-state index contributed by atoms with van der Waals surface area (Å²) in [7, 11) is -3.32. The molecule has 0 saturated heterocycles. The summed E-state index contributed by atoms with van der Waals surface area (Å²) < 4.78 is 35.5. The van der Waals surface area contributed by atoms with Crippen molar-refractivity contribution >= 4 is 9.84 Å². The first-order valence-corrected chi connectivity index (χ1v) is 8.54. The molecule has 0 radical (unpaired) electrons. The minimum Gasteiger partial charge on any atom is -0.486 e. The van der Waals surface area contributed by atoms with Gasteiger partial charge in [0.1, 0.15) is 13.2 Å². The lowest BCUT2D eigenvalue weighted by molar-refractivity contribution is 0.171. The number of ether oxygens (including phenoxy) is 2. The standard InChI is InChI=1S/C14H21NO4S/c1-3-6-15-11(2)10-20(16,17)12-4-5-13-14(9-12)19-8-7-18-13/h4-5,9,11,15H,3,6-8,10H2,1-2H3. The van der Waals surface area contributed by atoms with Crippen molar-refractivity contribution in [2.24, 2.45) is 0 Å². The molecule has 0 fully saturated rings. The van der Waals surface area contributed by atoms with Crippen molar-refractivity contribution in [3.8, 4) is 11.5 Å². The first-order chi connectivity index (χ1) is 9.53. The van der Waals surface area contributed by atoms with Crippen LogP contribution in [0.5, 0.6) is 11.5 Å². The highest BCUT2D eigenvalue weighted by atomic mass is 32.2. The van der Waals surface area contributed by atoms with Crippen LogP contribution in [0.4, 0.5) is 0 Å². The quantitative estimate of drug-likeness (QED) is 0.864. The summed E-state index contributed by atoms with van der Waals surface area (Å²) in [5.74, 6) is 1.19. The van der Waals surface area contributed by atoms with Gasteiger partial charge in [0.2, 0.25) is 0 Å². The number of benzene rings is 1. The molecule has 112 valence electrons. The van der Waals surface area contributed by atoms with E-state index in [1.807, 2.05) is 6.92 Å². The molecule has 20 heavy (non-hydrogen) atoms. The average Bonchev–Trinajstić information content (AvgIpc) is 2.44. The van der Waals surface area contributed by atoms with Gasteiger partial charge in [0.05, 0.1) is 10.6 Å². The molecule has 0 amide bonds. The summed E-state index contributed by atoms with van der Waals surface area (Å²) in [6.45, 7) is 5.69. The van der Waals surface area contributed by atoms with E-state index in [1.165, 1.54) is 0 Å². The summed E-state index contributed by atoms with van der Waals surface area (Å²) in [4.78, 5) is 0.284. The minimum atomic E-state index is -3.32. The van der Waals surface area contributed by atoms with Crippen molar-refractivity contribution in [3.63, 3.8) is 0 Å². The molecule has 0 saturated carbocycles. The second-order valence-corrected chi connectivity index (χ2v) is 6.98. The molecule has 1 heterocycles. The van der Waals surface area contributed by atoms with Gasteiger partial charge in [0, 0.05) is 12.1 Å². The lowest BCUT2D eigenvalue weighted by Crippen LogP contribution is -2.33. The first-order valence-electron chi connectivity index (χ1n) is 6.88. The van der Waals surface area contributed by atoms with E-state index < -0.39 is 9.84 Å². The Morgan fingerprint density at radius 2 is 1.95 bits per heavy atom. The molecule has 1 aliphatic heterocycles. The fourth-order valence-corrected chi connectivity index (χ4v) is 3.62. The van der Waals surface area contributed by atoms with Gasteiger partial charge in [0.25, 0.3) is 0 Å². The Morgan fingerprint density at radius 3 is 2.65 bits per heavy atom. The van der Waals surface area contributed by atoms with Crippen LogP contribution in [0.3, 0.4) is 0 Å². The fraction of sp³-hybridized carbons (Fsp3) is 0.571. The van der Waals surface area contributed by atoms with Crippen molar-refractivity contribution < 1.29 is 17.9 Å². The van der Waals surface area contributed by atoms with E-state index in [9.17, 15) is 8.42 Å². The zero-order valence-corrected chi connectivity index (χ0v) is 12.7. The van der Waals surface area contributed by atoms with Gasteiger partial charge >= 0.3 is 0 Å². The van der Waals surface area contributed by atoms with Crippen LogP contribution in [-0.2, 0) is 9.84 Å². The second-order valence-electron chi connectivity index (χ2n) is 4.94. The van der Waals surface area contributed by atoms with Crippen LogP contribution < -0.4 is 14.8 Å². The number of sulfone groups is 1. The molecule has 1 aromatic carbocycles. The van der Waals surface area contributed by atoms with Gasteiger partial charge in [-0.15, -0.1) is 0 Å². The number of rotatable bonds is 6. The van der Waals surface area contributed by atoms with E-state index in [2.05, 4.69) is 12.2 Å². The molecular formula is C14H21NO4S. The molecule has 5 nitrogen and oxygen atoms in total. The van der Waals surface area contributed by atoms with E-state index >= 15 is 0 Å². The largest absolute Gasteiger partial charge is 0.486 e. The Bertz CT molecular complexity index is 556. The lowest BCUT2D eigenvalue weighted by Gasteiger charge is -2.19. The second kappa shape index (κ2) is 6.45. The Balaban J connectivity index is 2.13. The molecule has 1 N–H and O–H groups in total. The van der Waals surface area contributed by atoms with Crippen LogP contribution in [0.25, 0.3) is 0 Å². The molecular weight excluding hydrogens is 278 g/mol. The molecule has 0 aromatic heterocycles. The monoisotopic (exact) mass is 299 g/mol. The highest BCUT2D eigenvalue weighted by Gasteiger charge is 2.21. The Kier molecular flexibility index (Phi) is 4.88.